The summed E-state index contributed by atoms with van der Waals surface area (Å²) in [6, 6.07) is 23.5. The van der Waals surface area contributed by atoms with Gasteiger partial charge in [0.1, 0.15) is 23.6 Å². The van der Waals surface area contributed by atoms with E-state index in [1.54, 1.807) is 17.2 Å². The van der Waals surface area contributed by atoms with E-state index in [0.29, 0.717) is 73.3 Å². The molecule has 6 aliphatic rings. The standard InChI is InChI=1S/C49H56N8O7S/c58-47(53-65(61,62)37-10-12-41(44(28-37)57(59)60)51-31-32-14-23-63-24-15-32)40-11-9-35(27-43(40)56-22-25-64-48-45(56)26-34-13-18-50-46(34)52-48)54-20-16-49(17-21-54)29-36(30-49)55-19-3-6-42(55)39-5-2-1-4-38(39)33-7-8-33/h1-2,4-5,9-13,18,26-28,32-33,36,42,51H,3,6-8,14-17,19-25,29-31H2,(H,50,52)(H,53,58)/t42-/m1/s1. The van der Waals surface area contributed by atoms with Gasteiger partial charge in [-0.15, -0.1) is 0 Å². The van der Waals surface area contributed by atoms with Crippen LogP contribution in [0.5, 0.6) is 5.88 Å². The average Bonchev–Trinajstić information content (AvgIpc) is 3.87. The molecule has 3 N–H and O–H groups in total. The van der Waals surface area contributed by atoms with Gasteiger partial charge in [-0.2, -0.15) is 4.98 Å². The number of aromatic amines is 1. The normalized spacial score (nSPS) is 21.5. The van der Waals surface area contributed by atoms with Crippen molar-refractivity contribution in [1.29, 1.82) is 0 Å². The lowest BCUT2D eigenvalue weighted by Crippen LogP contribution is -2.55. The van der Waals surface area contributed by atoms with Gasteiger partial charge >= 0.3 is 0 Å². The summed E-state index contributed by atoms with van der Waals surface area (Å²) in [7, 11) is -4.54. The van der Waals surface area contributed by atoms with Crippen molar-refractivity contribution in [1.82, 2.24) is 19.6 Å². The first-order chi connectivity index (χ1) is 31.6. The van der Waals surface area contributed by atoms with Gasteiger partial charge in [0.05, 0.1) is 27.6 Å². The minimum absolute atomic E-state index is 0.141. The van der Waals surface area contributed by atoms with E-state index < -0.39 is 20.9 Å². The highest BCUT2D eigenvalue weighted by atomic mass is 32.2. The van der Waals surface area contributed by atoms with Crippen molar-refractivity contribution in [3.8, 4) is 5.88 Å². The second kappa shape index (κ2) is 16.9. The van der Waals surface area contributed by atoms with E-state index >= 15 is 0 Å². The van der Waals surface area contributed by atoms with Crippen LogP contribution in [0.15, 0.2) is 83.9 Å². The monoisotopic (exact) mass is 900 g/mol. The number of H-pyrrole nitrogens is 1. The predicted molar refractivity (Wildman–Crippen MR) is 249 cm³/mol. The van der Waals surface area contributed by atoms with Gasteiger partial charge in [0.15, 0.2) is 0 Å². The molecule has 15 nitrogen and oxygen atoms in total. The molecule has 5 fully saturated rings. The van der Waals surface area contributed by atoms with Gasteiger partial charge in [-0.3, -0.25) is 19.8 Å². The van der Waals surface area contributed by atoms with E-state index in [4.69, 9.17) is 14.5 Å². The van der Waals surface area contributed by atoms with Gasteiger partial charge in [0.25, 0.3) is 21.6 Å². The number of carbonyl (C=O) groups excluding carboxylic acids is 1. The molecule has 2 saturated carbocycles. The Morgan fingerprint density at radius 1 is 0.892 bits per heavy atom. The van der Waals surface area contributed by atoms with Crippen LogP contribution in [0, 0.1) is 21.4 Å². The highest BCUT2D eigenvalue weighted by Crippen LogP contribution is 2.55. The number of rotatable bonds is 12. The molecule has 340 valence electrons. The number of hydrogen-bond acceptors (Lipinski definition) is 12. The van der Waals surface area contributed by atoms with Gasteiger partial charge in [-0.05, 0) is 142 Å². The van der Waals surface area contributed by atoms with Gasteiger partial charge in [-0.25, -0.2) is 13.1 Å². The zero-order valence-corrected chi connectivity index (χ0v) is 37.4. The summed E-state index contributed by atoms with van der Waals surface area (Å²) in [5.41, 5.74) is 6.24. The molecule has 0 unspecified atom stereocenters. The maximum atomic E-state index is 14.3. The number of pyridine rings is 1. The Bertz CT molecular complexity index is 2740. The second-order valence-corrected chi connectivity index (χ2v) is 20.8. The van der Waals surface area contributed by atoms with Gasteiger partial charge < -0.3 is 29.6 Å². The Labute approximate surface area is 379 Å². The van der Waals surface area contributed by atoms with Crippen molar-refractivity contribution < 1.29 is 27.6 Å². The third kappa shape index (κ3) is 8.18. The molecule has 65 heavy (non-hydrogen) atoms. The number of fused-ring (bicyclic) bond motifs is 2. The molecule has 1 spiro atoms. The van der Waals surface area contributed by atoms with Crippen LogP contribution in [0.2, 0.25) is 0 Å². The Morgan fingerprint density at radius 2 is 1.69 bits per heavy atom. The lowest BCUT2D eigenvalue weighted by atomic mass is 9.59. The van der Waals surface area contributed by atoms with Crippen LogP contribution in [-0.2, 0) is 14.8 Å². The molecule has 16 heteroatoms. The average molecular weight is 901 g/mol. The van der Waals surface area contributed by atoms with E-state index in [2.05, 4.69) is 49.1 Å². The molecule has 0 radical (unpaired) electrons. The number of aromatic nitrogens is 2. The molecular weight excluding hydrogens is 845 g/mol. The zero-order chi connectivity index (χ0) is 44.3. The fourth-order valence-electron chi connectivity index (χ4n) is 11.4. The fraction of sp³-hybridized carbons (Fsp3) is 0.469. The number of anilines is 4. The smallest absolute Gasteiger partial charge is 0.293 e. The quantitative estimate of drug-likeness (QED) is 0.0807. The summed E-state index contributed by atoms with van der Waals surface area (Å²) >= 11 is 0. The number of hydrogen-bond donors (Lipinski definition) is 3. The van der Waals surface area contributed by atoms with E-state index in [1.807, 2.05) is 35.4 Å². The predicted octanol–water partition coefficient (Wildman–Crippen LogP) is 8.42. The minimum atomic E-state index is -4.54. The topological polar surface area (TPSA) is 175 Å². The summed E-state index contributed by atoms with van der Waals surface area (Å²) in [6.45, 7) is 5.39. The second-order valence-electron chi connectivity index (χ2n) is 19.1. The van der Waals surface area contributed by atoms with Crippen LogP contribution in [0.1, 0.15) is 97.7 Å². The number of likely N-dealkylation sites (tertiary alicyclic amines) is 1. The number of benzene rings is 3. The first-order valence-corrected chi connectivity index (χ1v) is 24.9. The Hall–Kier alpha value is -5.71. The number of ether oxygens (including phenoxy) is 2. The van der Waals surface area contributed by atoms with Crippen molar-refractivity contribution in [2.45, 2.75) is 87.1 Å². The number of nitro groups is 1. The highest BCUT2D eigenvalue weighted by Gasteiger charge is 2.50. The van der Waals surface area contributed by atoms with Crippen LogP contribution >= 0.6 is 0 Å². The zero-order valence-electron chi connectivity index (χ0n) is 36.5. The number of carbonyl (C=O) groups is 1. The molecule has 4 aliphatic heterocycles. The van der Waals surface area contributed by atoms with Gasteiger partial charge in [-0.1, -0.05) is 24.3 Å². The number of amides is 1. The van der Waals surface area contributed by atoms with Crippen molar-refractivity contribution in [2.24, 2.45) is 11.3 Å². The van der Waals surface area contributed by atoms with Crippen LogP contribution in [-0.4, -0.2) is 92.7 Å². The maximum absolute atomic E-state index is 14.3. The number of piperidine rings is 1. The molecule has 0 bridgehead atoms. The first kappa shape index (κ1) is 42.0. The van der Waals surface area contributed by atoms with E-state index in [1.165, 1.54) is 57.2 Å². The number of nitro benzene ring substituents is 1. The molecule has 11 rings (SSSR count). The van der Waals surface area contributed by atoms with Crippen molar-refractivity contribution >= 4 is 55.4 Å². The summed E-state index contributed by atoms with van der Waals surface area (Å²) in [6.07, 6.45) is 13.2. The van der Waals surface area contributed by atoms with Crippen LogP contribution < -0.4 is 24.6 Å². The van der Waals surface area contributed by atoms with E-state index in [9.17, 15) is 23.3 Å². The van der Waals surface area contributed by atoms with E-state index in [0.717, 1.165) is 61.8 Å². The van der Waals surface area contributed by atoms with Crippen LogP contribution in [0.4, 0.5) is 28.4 Å². The van der Waals surface area contributed by atoms with Crippen LogP contribution in [0.25, 0.3) is 11.0 Å². The molecular formula is C49H56N8O7S. The minimum Gasteiger partial charge on any atom is -0.474 e. The van der Waals surface area contributed by atoms with Gasteiger partial charge in [0, 0.05) is 68.3 Å². The number of sulfonamides is 1. The molecule has 6 heterocycles. The van der Waals surface area contributed by atoms with Crippen molar-refractivity contribution in [3.05, 3.63) is 106 Å². The summed E-state index contributed by atoms with van der Waals surface area (Å²) in [5, 5.41) is 16.2. The molecule has 2 aromatic heterocycles. The molecule has 3 aromatic carbocycles. The lowest BCUT2D eigenvalue weighted by Gasteiger charge is -2.56. The van der Waals surface area contributed by atoms with Gasteiger partial charge in [0.2, 0.25) is 5.88 Å². The summed E-state index contributed by atoms with van der Waals surface area (Å²) in [5.74, 6) is 0.587. The van der Waals surface area contributed by atoms with Crippen molar-refractivity contribution in [3.63, 3.8) is 0 Å². The lowest BCUT2D eigenvalue weighted by molar-refractivity contribution is -0.384. The molecule has 1 amide bonds. The number of nitrogens with one attached hydrogen (secondary N) is 3. The molecule has 5 aromatic rings. The molecule has 1 atom stereocenters. The van der Waals surface area contributed by atoms with E-state index in [-0.39, 0.29) is 27.8 Å². The fourth-order valence-corrected chi connectivity index (χ4v) is 12.4. The molecule has 3 saturated heterocycles. The largest absolute Gasteiger partial charge is 0.474 e. The Kier molecular flexibility index (Phi) is 10.9. The SMILES string of the molecule is O=C(NS(=O)(=O)c1ccc(NCC2CCOCC2)c([N+](=O)[O-])c1)c1ccc(N2CCC3(CC2)CC(N2CCC[C@@H]2c2ccccc2C2CC2)C3)cc1N1CCOc2nc3[nH]ccc3cc21. The van der Waals surface area contributed by atoms with Crippen LogP contribution in [0.3, 0.4) is 0 Å². The number of nitrogens with zero attached hydrogens (tertiary/aromatic N) is 5. The summed E-state index contributed by atoms with van der Waals surface area (Å²) < 4.78 is 41.5. The molecule has 2 aliphatic carbocycles. The summed E-state index contributed by atoms with van der Waals surface area (Å²) in [4.78, 5) is 40.6. The Morgan fingerprint density at radius 3 is 2.48 bits per heavy atom. The highest BCUT2D eigenvalue weighted by molar-refractivity contribution is 7.90. The Balaban J connectivity index is 0.830. The third-order valence-electron chi connectivity index (χ3n) is 15.1. The third-order valence-corrected chi connectivity index (χ3v) is 16.5. The van der Waals surface area contributed by atoms with Crippen molar-refractivity contribution in [2.75, 3.05) is 67.7 Å². The maximum Gasteiger partial charge on any atom is 0.293 e. The first-order valence-electron chi connectivity index (χ1n) is 23.4.